The number of halogens is 1. The standard InChI is InChI=1S/C10H9BrN4O2S/c11-7-1-3-8(4-2-7)13-14-9(15(16)17)10-12-5-6-18-10/h1-4,13H,5-6H2/b14-9-. The van der Waals surface area contributed by atoms with Gasteiger partial charge in [0, 0.05) is 10.2 Å². The van der Waals surface area contributed by atoms with E-state index in [1.54, 1.807) is 12.1 Å². The monoisotopic (exact) mass is 328 g/mol. The molecule has 0 atom stereocenters. The minimum Gasteiger partial charge on any atom is -0.358 e. The van der Waals surface area contributed by atoms with Gasteiger partial charge < -0.3 is 10.1 Å². The molecule has 2 rings (SSSR count). The van der Waals surface area contributed by atoms with Crippen LogP contribution >= 0.6 is 27.7 Å². The lowest BCUT2D eigenvalue weighted by Gasteiger charge is -1.98. The topological polar surface area (TPSA) is 79.9 Å². The summed E-state index contributed by atoms with van der Waals surface area (Å²) in [6.45, 7) is 0.602. The molecular weight excluding hydrogens is 320 g/mol. The van der Waals surface area contributed by atoms with Crippen LogP contribution in [-0.2, 0) is 0 Å². The number of aliphatic imine (C=N–C) groups is 1. The minimum absolute atomic E-state index is 0.236. The maximum absolute atomic E-state index is 10.9. The molecule has 1 aliphatic heterocycles. The van der Waals surface area contributed by atoms with Crippen LogP contribution in [0.3, 0.4) is 0 Å². The highest BCUT2D eigenvalue weighted by Crippen LogP contribution is 2.16. The molecule has 1 aromatic rings. The van der Waals surface area contributed by atoms with Crippen molar-refractivity contribution in [2.75, 3.05) is 17.7 Å². The van der Waals surface area contributed by atoms with E-state index in [1.807, 2.05) is 12.1 Å². The number of hydrazone groups is 1. The molecule has 0 spiro atoms. The van der Waals surface area contributed by atoms with Gasteiger partial charge in [-0.25, -0.2) is 0 Å². The summed E-state index contributed by atoms with van der Waals surface area (Å²) in [7, 11) is 0. The molecule has 0 saturated heterocycles. The second-order valence-electron chi connectivity index (χ2n) is 3.35. The summed E-state index contributed by atoms with van der Waals surface area (Å²) in [4.78, 5) is 14.4. The van der Waals surface area contributed by atoms with Crippen molar-refractivity contribution in [3.05, 3.63) is 38.9 Å². The molecule has 1 aromatic carbocycles. The van der Waals surface area contributed by atoms with Crippen LogP contribution < -0.4 is 5.43 Å². The molecule has 0 fully saturated rings. The first-order valence-electron chi connectivity index (χ1n) is 5.08. The highest BCUT2D eigenvalue weighted by Gasteiger charge is 2.25. The fourth-order valence-electron chi connectivity index (χ4n) is 1.28. The molecule has 0 amide bonds. The van der Waals surface area contributed by atoms with Crippen LogP contribution in [0.15, 0.2) is 38.8 Å². The van der Waals surface area contributed by atoms with Crippen LogP contribution in [0.4, 0.5) is 5.69 Å². The van der Waals surface area contributed by atoms with E-state index in [-0.39, 0.29) is 5.84 Å². The van der Waals surface area contributed by atoms with Crippen LogP contribution in [0, 0.1) is 10.1 Å². The largest absolute Gasteiger partial charge is 0.419 e. The number of nitrogens with one attached hydrogen (secondary N) is 1. The Morgan fingerprint density at radius 2 is 2.22 bits per heavy atom. The average molecular weight is 329 g/mol. The zero-order valence-electron chi connectivity index (χ0n) is 9.17. The highest BCUT2D eigenvalue weighted by molar-refractivity contribution is 9.10. The van der Waals surface area contributed by atoms with Crippen molar-refractivity contribution in [3.63, 3.8) is 0 Å². The number of nitro groups is 1. The molecule has 6 nitrogen and oxygen atoms in total. The van der Waals surface area contributed by atoms with Gasteiger partial charge in [0.05, 0.1) is 17.3 Å². The van der Waals surface area contributed by atoms with Gasteiger partial charge >= 0.3 is 5.84 Å². The first-order chi connectivity index (χ1) is 8.66. The van der Waals surface area contributed by atoms with Gasteiger partial charge in [-0.05, 0) is 29.2 Å². The Labute approximate surface area is 116 Å². The minimum atomic E-state index is -0.525. The van der Waals surface area contributed by atoms with E-state index in [2.05, 4.69) is 31.4 Å². The summed E-state index contributed by atoms with van der Waals surface area (Å²) in [5.74, 6) is 0.529. The number of benzene rings is 1. The first-order valence-corrected chi connectivity index (χ1v) is 6.86. The number of amidine groups is 1. The quantitative estimate of drug-likeness (QED) is 0.400. The summed E-state index contributed by atoms with van der Waals surface area (Å²) in [6, 6.07) is 7.19. The summed E-state index contributed by atoms with van der Waals surface area (Å²) in [5, 5.41) is 15.1. The van der Waals surface area contributed by atoms with Crippen molar-refractivity contribution in [2.24, 2.45) is 10.1 Å². The van der Waals surface area contributed by atoms with E-state index in [0.29, 0.717) is 17.3 Å². The lowest BCUT2D eigenvalue weighted by atomic mass is 10.3. The van der Waals surface area contributed by atoms with E-state index < -0.39 is 4.92 Å². The Balaban J connectivity index is 2.13. The number of anilines is 1. The summed E-state index contributed by atoms with van der Waals surface area (Å²) >= 11 is 4.65. The SMILES string of the molecule is O=[N+]([O-])/C(=N\Nc1ccc(Br)cc1)C1=NCCS1. The predicted octanol–water partition coefficient (Wildman–Crippen LogP) is 2.60. The van der Waals surface area contributed by atoms with Gasteiger partial charge in [-0.2, -0.15) is 5.43 Å². The van der Waals surface area contributed by atoms with Crippen LogP contribution in [-0.4, -0.2) is 28.1 Å². The number of hydrogen-bond donors (Lipinski definition) is 1. The van der Waals surface area contributed by atoms with E-state index in [4.69, 9.17) is 0 Å². The molecular formula is C10H9BrN4O2S. The second-order valence-corrected chi connectivity index (χ2v) is 5.35. The smallest absolute Gasteiger partial charge is 0.358 e. The molecule has 1 aliphatic rings. The van der Waals surface area contributed by atoms with Crippen LogP contribution in [0.2, 0.25) is 0 Å². The lowest BCUT2D eigenvalue weighted by Crippen LogP contribution is -2.21. The summed E-state index contributed by atoms with van der Waals surface area (Å²) < 4.78 is 0.933. The third-order valence-electron chi connectivity index (χ3n) is 2.08. The molecule has 0 saturated carbocycles. The van der Waals surface area contributed by atoms with Gasteiger partial charge in [0.25, 0.3) is 0 Å². The summed E-state index contributed by atoms with van der Waals surface area (Å²) in [5.41, 5.74) is 3.34. The molecule has 0 aromatic heterocycles. The average Bonchev–Trinajstić information content (AvgIpc) is 2.85. The van der Waals surface area contributed by atoms with E-state index in [0.717, 1.165) is 10.2 Å². The number of nitrogens with zero attached hydrogens (tertiary/aromatic N) is 3. The van der Waals surface area contributed by atoms with Gasteiger partial charge in [0.2, 0.25) is 0 Å². The maximum atomic E-state index is 10.9. The third-order valence-corrected chi connectivity index (χ3v) is 3.59. The number of rotatable bonds is 3. The van der Waals surface area contributed by atoms with Crippen LogP contribution in [0.25, 0.3) is 0 Å². The molecule has 94 valence electrons. The van der Waals surface area contributed by atoms with Crippen molar-refractivity contribution in [3.8, 4) is 0 Å². The Hall–Kier alpha value is -1.41. The van der Waals surface area contributed by atoms with E-state index in [9.17, 15) is 10.1 Å². The fraction of sp³-hybridized carbons (Fsp3) is 0.200. The van der Waals surface area contributed by atoms with Crippen molar-refractivity contribution in [1.29, 1.82) is 0 Å². The molecule has 1 N–H and O–H groups in total. The second kappa shape index (κ2) is 5.96. The Bertz CT molecular complexity index is 515. The van der Waals surface area contributed by atoms with Crippen LogP contribution in [0.5, 0.6) is 0 Å². The number of hydrogen-bond acceptors (Lipinski definition) is 6. The highest BCUT2D eigenvalue weighted by atomic mass is 79.9. The van der Waals surface area contributed by atoms with Crippen molar-refractivity contribution in [2.45, 2.75) is 0 Å². The normalized spacial score (nSPS) is 15.4. The molecule has 18 heavy (non-hydrogen) atoms. The predicted molar refractivity (Wildman–Crippen MR) is 77.0 cm³/mol. The van der Waals surface area contributed by atoms with Gasteiger partial charge in [-0.1, -0.05) is 27.7 Å². The molecule has 0 aliphatic carbocycles. The van der Waals surface area contributed by atoms with Crippen molar-refractivity contribution in [1.82, 2.24) is 0 Å². The van der Waals surface area contributed by atoms with Crippen molar-refractivity contribution >= 4 is 44.3 Å². The molecule has 0 radical (unpaired) electrons. The Kier molecular flexibility index (Phi) is 4.32. The van der Waals surface area contributed by atoms with Gasteiger partial charge in [0.15, 0.2) is 5.04 Å². The van der Waals surface area contributed by atoms with Crippen molar-refractivity contribution < 1.29 is 4.92 Å². The van der Waals surface area contributed by atoms with Gasteiger partial charge in [-0.3, -0.25) is 4.99 Å². The van der Waals surface area contributed by atoms with Gasteiger partial charge in [0.1, 0.15) is 0 Å². The zero-order chi connectivity index (χ0) is 13.0. The Morgan fingerprint density at radius 3 is 2.78 bits per heavy atom. The first kappa shape index (κ1) is 13.0. The van der Waals surface area contributed by atoms with Gasteiger partial charge in [-0.15, -0.1) is 0 Å². The molecule has 1 heterocycles. The molecule has 8 heteroatoms. The lowest BCUT2D eigenvalue weighted by molar-refractivity contribution is -0.345. The van der Waals surface area contributed by atoms with E-state index in [1.165, 1.54) is 11.8 Å². The Morgan fingerprint density at radius 1 is 1.50 bits per heavy atom. The molecule has 0 unspecified atom stereocenters. The van der Waals surface area contributed by atoms with Crippen LogP contribution in [0.1, 0.15) is 0 Å². The maximum Gasteiger partial charge on any atom is 0.419 e. The van der Waals surface area contributed by atoms with E-state index >= 15 is 0 Å². The summed E-state index contributed by atoms with van der Waals surface area (Å²) in [6.07, 6.45) is 0. The number of thioether (sulfide) groups is 1. The fourth-order valence-corrected chi connectivity index (χ4v) is 2.35. The third kappa shape index (κ3) is 3.30. The zero-order valence-corrected chi connectivity index (χ0v) is 11.6. The molecule has 0 bridgehead atoms.